The fourth-order valence-corrected chi connectivity index (χ4v) is 0. The molecule has 0 bridgehead atoms. The van der Waals surface area contributed by atoms with Crippen LogP contribution >= 0.6 is 37.2 Å². The molecule has 0 rings (SSSR count). The minimum atomic E-state index is -3.11. The molecule has 0 aliphatic heterocycles. The van der Waals surface area contributed by atoms with Gasteiger partial charge in [-0.2, -0.15) is 0 Å². The Morgan fingerprint density at radius 3 is 1.00 bits per heavy atom. The first kappa shape index (κ1) is 12.0. The molecule has 0 aromatic heterocycles. The molecule has 40 valence electrons. The Labute approximate surface area is 70.4 Å². The van der Waals surface area contributed by atoms with Crippen molar-refractivity contribution < 1.29 is 34.2 Å². The molecule has 0 saturated carbocycles. The average molecular weight is 271 g/mol. The van der Waals surface area contributed by atoms with Crippen molar-refractivity contribution in [3.8, 4) is 0 Å². The van der Waals surface area contributed by atoms with Gasteiger partial charge in [-0.1, -0.05) is 0 Å². The van der Waals surface area contributed by atoms with Crippen molar-refractivity contribution >= 4 is 37.2 Å². The molecule has 0 N–H and O–H groups in total. The topological polar surface area (TPSA) is 17.1 Å². The third-order valence-electron chi connectivity index (χ3n) is 0. The summed E-state index contributed by atoms with van der Waals surface area (Å²) < 4.78 is 8.38. The Kier molecular flexibility index (Phi) is 11.0. The summed E-state index contributed by atoms with van der Waals surface area (Å²) in [5, 5.41) is 0. The number of hydrogen-bond acceptors (Lipinski definition) is 1. The average Bonchev–Trinajstić information content (AvgIpc) is 1.36. The van der Waals surface area contributed by atoms with E-state index in [1.165, 1.54) is 0 Å². The van der Waals surface area contributed by atoms with Gasteiger partial charge in [-0.3, -0.25) is 0 Å². The van der Waals surface area contributed by atoms with Gasteiger partial charge in [-0.25, -0.2) is 0 Å². The molecular formula is Cl4OTiZn. The molecule has 0 aromatic carbocycles. The monoisotopic (exact) mass is 268 g/mol. The predicted octanol–water partition coefficient (Wildman–Crippen LogP) is 2.63. The Morgan fingerprint density at radius 1 is 1.00 bits per heavy atom. The molecule has 0 heterocycles. The van der Waals surface area contributed by atoms with Crippen LogP contribution in [0.3, 0.4) is 0 Å². The van der Waals surface area contributed by atoms with Gasteiger partial charge in [0.15, 0.2) is 0 Å². The normalized spacial score (nSPS) is 9.43. The molecule has 7 heteroatoms. The Balaban J connectivity index is 0. The third kappa shape index (κ3) is 62.3. The van der Waals surface area contributed by atoms with E-state index in [1.54, 1.807) is 0 Å². The van der Waals surface area contributed by atoms with Crippen LogP contribution in [0.5, 0.6) is 0 Å². The van der Waals surface area contributed by atoms with Crippen molar-refractivity contribution in [3.05, 3.63) is 0 Å². The summed E-state index contributed by atoms with van der Waals surface area (Å²) in [6.07, 6.45) is 0. The maximum atomic E-state index is 8.38. The van der Waals surface area contributed by atoms with Crippen molar-refractivity contribution in [2.24, 2.45) is 0 Å². The molecule has 0 aliphatic carbocycles. The van der Waals surface area contributed by atoms with Crippen LogP contribution in [-0.4, -0.2) is 0 Å². The maximum absolute atomic E-state index is 8.38. The van der Waals surface area contributed by atoms with Gasteiger partial charge in [0.1, 0.15) is 0 Å². The van der Waals surface area contributed by atoms with Gasteiger partial charge in [0.05, 0.1) is 0 Å². The SMILES string of the molecule is [Cl][Ti]([Cl])([Cl])[Cl].[O]=[Zn]. The van der Waals surface area contributed by atoms with Gasteiger partial charge in [-0.05, 0) is 0 Å². The van der Waals surface area contributed by atoms with Crippen molar-refractivity contribution in [1.82, 2.24) is 0 Å². The zero-order valence-corrected chi connectivity index (χ0v) is 10.7. The van der Waals surface area contributed by atoms with Crippen molar-refractivity contribution in [2.45, 2.75) is 0 Å². The minimum absolute atomic E-state index is 0.125. The zero-order chi connectivity index (χ0) is 6.50. The molecule has 7 heavy (non-hydrogen) atoms. The fourth-order valence-electron chi connectivity index (χ4n) is 0. The Bertz CT molecular complexity index is 35.4. The van der Waals surface area contributed by atoms with Crippen LogP contribution in [0.4, 0.5) is 0 Å². The van der Waals surface area contributed by atoms with Crippen LogP contribution in [0.2, 0.25) is 0 Å². The van der Waals surface area contributed by atoms with Gasteiger partial charge in [0, 0.05) is 0 Å². The van der Waals surface area contributed by atoms with Crippen LogP contribution in [0.1, 0.15) is 0 Å². The molecule has 0 unspecified atom stereocenters. The van der Waals surface area contributed by atoms with E-state index in [0.29, 0.717) is 0 Å². The van der Waals surface area contributed by atoms with Gasteiger partial charge in [0.25, 0.3) is 0 Å². The molecule has 0 fully saturated rings. The standard InChI is InChI=1S/4ClH.O.Ti.Zn/h4*1H;;;/q;;;;;+4;/p-4. The second-order valence-electron chi connectivity index (χ2n) is 0.429. The first-order valence-corrected chi connectivity index (χ1v) is 10.9. The van der Waals surface area contributed by atoms with E-state index in [1.807, 2.05) is 0 Å². The Morgan fingerprint density at radius 2 is 1.00 bits per heavy atom. The third-order valence-corrected chi connectivity index (χ3v) is 0. The molecule has 0 saturated heterocycles. The molecule has 0 atom stereocenters. The van der Waals surface area contributed by atoms with Crippen molar-refractivity contribution in [2.75, 3.05) is 0 Å². The summed E-state index contributed by atoms with van der Waals surface area (Å²) in [4.78, 5) is 0. The molecule has 0 amide bonds. The predicted molar refractivity (Wildman–Crippen MR) is 24.1 cm³/mol. The van der Waals surface area contributed by atoms with Gasteiger partial charge in [-0.15, -0.1) is 0 Å². The Hall–Kier alpha value is 2.30. The van der Waals surface area contributed by atoms with E-state index in [-0.39, 0.29) is 18.3 Å². The summed E-state index contributed by atoms with van der Waals surface area (Å²) >= 11 is -2.99. The van der Waals surface area contributed by atoms with E-state index in [2.05, 4.69) is 0 Å². The first-order valence-electron chi connectivity index (χ1n) is 1.04. The summed E-state index contributed by atoms with van der Waals surface area (Å²) in [6.45, 7) is 0. The van der Waals surface area contributed by atoms with E-state index in [9.17, 15) is 0 Å². The first-order chi connectivity index (χ1) is 3.00. The van der Waals surface area contributed by atoms with E-state index < -0.39 is 12.3 Å². The molecule has 0 aromatic rings. The van der Waals surface area contributed by atoms with Crippen LogP contribution < -0.4 is 0 Å². The quantitative estimate of drug-likeness (QED) is 0.619. The van der Waals surface area contributed by atoms with E-state index in [0.717, 1.165) is 0 Å². The van der Waals surface area contributed by atoms with Crippen LogP contribution in [0.25, 0.3) is 0 Å². The number of rotatable bonds is 0. The molecule has 0 spiro atoms. The van der Waals surface area contributed by atoms with Gasteiger partial charge < -0.3 is 0 Å². The zero-order valence-electron chi connectivity index (χ0n) is 3.13. The molecule has 0 radical (unpaired) electrons. The summed E-state index contributed by atoms with van der Waals surface area (Å²) in [6, 6.07) is 0. The second kappa shape index (κ2) is 6.42. The van der Waals surface area contributed by atoms with E-state index >= 15 is 0 Å². The summed E-state index contributed by atoms with van der Waals surface area (Å²) in [5.74, 6) is 0. The van der Waals surface area contributed by atoms with E-state index in [4.69, 9.17) is 40.8 Å². The number of halogens is 4. The molecular weight excluding hydrogens is 271 g/mol. The summed E-state index contributed by atoms with van der Waals surface area (Å²) in [7, 11) is 20.1. The summed E-state index contributed by atoms with van der Waals surface area (Å²) in [5.41, 5.74) is 0. The van der Waals surface area contributed by atoms with Crippen molar-refractivity contribution in [3.63, 3.8) is 0 Å². The van der Waals surface area contributed by atoms with Crippen LogP contribution in [0.15, 0.2) is 0 Å². The van der Waals surface area contributed by atoms with Crippen LogP contribution in [0, 0.1) is 0 Å². The number of hydrogen-bond donors (Lipinski definition) is 0. The molecule has 0 aliphatic rings. The fraction of sp³-hybridized carbons (Fsp3) is 0. The van der Waals surface area contributed by atoms with Crippen LogP contribution in [-0.2, 0) is 34.2 Å². The van der Waals surface area contributed by atoms with Gasteiger partial charge in [0.2, 0.25) is 0 Å². The molecule has 1 nitrogen and oxygen atoms in total. The second-order valence-corrected chi connectivity index (χ2v) is 15.9. The van der Waals surface area contributed by atoms with Gasteiger partial charge >= 0.3 is 71.4 Å². The van der Waals surface area contributed by atoms with Crippen molar-refractivity contribution in [1.29, 1.82) is 0 Å².